The van der Waals surface area contributed by atoms with E-state index in [0.29, 0.717) is 28.8 Å². The molecule has 1 aromatic carbocycles. The van der Waals surface area contributed by atoms with E-state index < -0.39 is 0 Å². The monoisotopic (exact) mass is 453 g/mol. The molecular weight excluding hydrogens is 426 g/mol. The summed E-state index contributed by atoms with van der Waals surface area (Å²) in [5.41, 5.74) is 3.98. The molecule has 1 saturated heterocycles. The second-order valence-electron chi connectivity index (χ2n) is 8.79. The number of benzene rings is 1. The summed E-state index contributed by atoms with van der Waals surface area (Å²) >= 11 is 0. The smallest absolute Gasteiger partial charge is 0.229 e. The Morgan fingerprint density at radius 2 is 1.56 bits per heavy atom. The molecule has 0 amide bonds. The first-order valence-corrected chi connectivity index (χ1v) is 11.2. The maximum absolute atomic E-state index is 4.57. The minimum Gasteiger partial charge on any atom is -0.384 e. The molecule has 34 heavy (non-hydrogen) atoms. The molecule has 3 aromatic heterocycles. The van der Waals surface area contributed by atoms with Crippen LogP contribution in [-0.2, 0) is 0 Å². The Morgan fingerprint density at radius 1 is 0.824 bits per heavy atom. The number of anilines is 5. The second-order valence-corrected chi connectivity index (χ2v) is 8.79. The van der Waals surface area contributed by atoms with Gasteiger partial charge in [0.05, 0.1) is 0 Å². The molecule has 5 rings (SSSR count). The van der Waals surface area contributed by atoms with Crippen LogP contribution in [0.4, 0.5) is 29.0 Å². The maximum Gasteiger partial charge on any atom is 0.229 e. The summed E-state index contributed by atoms with van der Waals surface area (Å²) in [5.74, 6) is 2.30. The van der Waals surface area contributed by atoms with Crippen LogP contribution in [0.5, 0.6) is 0 Å². The zero-order chi connectivity index (χ0) is 23.4. The first kappa shape index (κ1) is 21.7. The van der Waals surface area contributed by atoms with E-state index in [9.17, 15) is 0 Å². The van der Waals surface area contributed by atoms with E-state index in [4.69, 9.17) is 0 Å². The van der Waals surface area contributed by atoms with Crippen molar-refractivity contribution >= 4 is 29.0 Å². The van der Waals surface area contributed by atoms with Crippen LogP contribution in [0.15, 0.2) is 67.0 Å². The van der Waals surface area contributed by atoms with Gasteiger partial charge in [-0.1, -0.05) is 13.0 Å². The summed E-state index contributed by atoms with van der Waals surface area (Å²) < 4.78 is 0. The lowest BCUT2D eigenvalue weighted by Crippen LogP contribution is -2.54. The fourth-order valence-corrected chi connectivity index (χ4v) is 3.63. The standard InChI is InChI=1S/C25H27N9/c1-17-4-3-5-20(30-17)23-27-12-10-21(33-23)32-22-11-13-28-24(34-22)31-19-8-6-18(7-9-19)29-16-25(2)14-26-15-25/h3-13,26,29H,14-16H2,1-2H3,(H2,27,28,31,32,33,34). The number of rotatable bonds is 8. The Bertz CT molecular complexity index is 1270. The van der Waals surface area contributed by atoms with Crippen molar-refractivity contribution in [1.82, 2.24) is 30.2 Å². The predicted molar refractivity (Wildman–Crippen MR) is 135 cm³/mol. The number of nitrogens with one attached hydrogen (secondary N) is 4. The van der Waals surface area contributed by atoms with Gasteiger partial charge in [-0.25, -0.2) is 19.9 Å². The number of pyridine rings is 1. The van der Waals surface area contributed by atoms with Gasteiger partial charge >= 0.3 is 0 Å². The normalized spacial score (nSPS) is 14.2. The molecule has 4 aromatic rings. The van der Waals surface area contributed by atoms with Gasteiger partial charge < -0.3 is 21.3 Å². The lowest BCUT2D eigenvalue weighted by Gasteiger charge is -2.39. The highest BCUT2D eigenvalue weighted by Crippen LogP contribution is 2.23. The number of hydrogen-bond acceptors (Lipinski definition) is 9. The van der Waals surface area contributed by atoms with E-state index in [1.54, 1.807) is 24.5 Å². The highest BCUT2D eigenvalue weighted by Gasteiger charge is 2.30. The van der Waals surface area contributed by atoms with Crippen LogP contribution in [0.3, 0.4) is 0 Å². The first-order valence-electron chi connectivity index (χ1n) is 11.2. The highest BCUT2D eigenvalue weighted by atomic mass is 15.2. The van der Waals surface area contributed by atoms with Gasteiger partial charge in [-0.05, 0) is 55.5 Å². The molecule has 9 heteroatoms. The topological polar surface area (TPSA) is 113 Å². The second kappa shape index (κ2) is 9.40. The fraction of sp³-hybridized carbons (Fsp3) is 0.240. The van der Waals surface area contributed by atoms with Crippen LogP contribution in [-0.4, -0.2) is 44.6 Å². The van der Waals surface area contributed by atoms with E-state index in [1.165, 1.54) is 0 Å². The summed E-state index contributed by atoms with van der Waals surface area (Å²) in [4.78, 5) is 22.3. The van der Waals surface area contributed by atoms with Crippen LogP contribution in [0.25, 0.3) is 11.5 Å². The van der Waals surface area contributed by atoms with Gasteiger partial charge in [0.1, 0.15) is 17.3 Å². The van der Waals surface area contributed by atoms with Gasteiger partial charge in [0.15, 0.2) is 5.82 Å². The Morgan fingerprint density at radius 3 is 2.29 bits per heavy atom. The first-order chi connectivity index (χ1) is 16.5. The molecule has 1 fully saturated rings. The Balaban J connectivity index is 1.23. The quantitative estimate of drug-likeness (QED) is 0.312. The maximum atomic E-state index is 4.57. The van der Waals surface area contributed by atoms with Gasteiger partial charge in [-0.2, -0.15) is 4.98 Å². The summed E-state index contributed by atoms with van der Waals surface area (Å²) in [5, 5.41) is 13.3. The Labute approximate surface area is 198 Å². The van der Waals surface area contributed by atoms with Gasteiger partial charge in [0.25, 0.3) is 0 Å². The van der Waals surface area contributed by atoms with Crippen molar-refractivity contribution in [2.24, 2.45) is 5.41 Å². The number of aromatic nitrogens is 5. The molecule has 1 aliphatic rings. The molecule has 0 saturated carbocycles. The van der Waals surface area contributed by atoms with Crippen molar-refractivity contribution in [3.05, 3.63) is 72.7 Å². The average molecular weight is 454 g/mol. The largest absolute Gasteiger partial charge is 0.384 e. The highest BCUT2D eigenvalue weighted by molar-refractivity contribution is 5.61. The van der Waals surface area contributed by atoms with E-state index in [0.717, 1.165) is 42.4 Å². The molecule has 0 radical (unpaired) electrons. The fourth-order valence-electron chi connectivity index (χ4n) is 3.63. The van der Waals surface area contributed by atoms with Crippen LogP contribution >= 0.6 is 0 Å². The number of nitrogens with zero attached hydrogens (tertiary/aromatic N) is 5. The lowest BCUT2D eigenvalue weighted by atomic mass is 9.84. The number of aryl methyl sites for hydroxylation is 1. The molecule has 0 bridgehead atoms. The third kappa shape index (κ3) is 5.26. The summed E-state index contributed by atoms with van der Waals surface area (Å²) in [6.45, 7) is 7.29. The third-order valence-corrected chi connectivity index (χ3v) is 5.65. The molecule has 172 valence electrons. The summed E-state index contributed by atoms with van der Waals surface area (Å²) in [6, 6.07) is 17.5. The number of hydrogen-bond donors (Lipinski definition) is 4. The van der Waals surface area contributed by atoms with Crippen molar-refractivity contribution < 1.29 is 0 Å². The van der Waals surface area contributed by atoms with E-state index in [1.807, 2.05) is 37.3 Å². The molecular formula is C25H27N9. The van der Waals surface area contributed by atoms with Crippen molar-refractivity contribution in [3.63, 3.8) is 0 Å². The Hall–Kier alpha value is -4.11. The molecule has 1 aliphatic heterocycles. The molecule has 0 unspecified atom stereocenters. The van der Waals surface area contributed by atoms with Crippen molar-refractivity contribution in [3.8, 4) is 11.5 Å². The average Bonchev–Trinajstić information content (AvgIpc) is 2.83. The molecule has 4 N–H and O–H groups in total. The van der Waals surface area contributed by atoms with Crippen molar-refractivity contribution in [1.29, 1.82) is 0 Å². The SMILES string of the molecule is Cc1cccc(-c2nccc(Nc3ccnc(Nc4ccc(NCC5(C)CNC5)cc4)n3)n2)n1. The molecule has 9 nitrogen and oxygen atoms in total. The minimum atomic E-state index is 0.333. The van der Waals surface area contributed by atoms with Crippen LogP contribution in [0, 0.1) is 12.3 Å². The van der Waals surface area contributed by atoms with E-state index in [-0.39, 0.29) is 0 Å². The zero-order valence-corrected chi connectivity index (χ0v) is 19.2. The Kier molecular flexibility index (Phi) is 6.01. The van der Waals surface area contributed by atoms with Gasteiger partial charge in [-0.3, -0.25) is 0 Å². The van der Waals surface area contributed by atoms with Gasteiger partial charge in [0, 0.05) is 54.5 Å². The van der Waals surface area contributed by atoms with E-state index in [2.05, 4.69) is 65.2 Å². The summed E-state index contributed by atoms with van der Waals surface area (Å²) in [6.07, 6.45) is 3.40. The van der Waals surface area contributed by atoms with Crippen molar-refractivity contribution in [2.75, 3.05) is 35.6 Å². The van der Waals surface area contributed by atoms with Crippen LogP contribution in [0.2, 0.25) is 0 Å². The van der Waals surface area contributed by atoms with Crippen molar-refractivity contribution in [2.45, 2.75) is 13.8 Å². The van der Waals surface area contributed by atoms with Gasteiger partial charge in [0.2, 0.25) is 5.95 Å². The molecule has 0 spiro atoms. The third-order valence-electron chi connectivity index (χ3n) is 5.65. The molecule has 4 heterocycles. The minimum absolute atomic E-state index is 0.333. The molecule has 0 atom stereocenters. The zero-order valence-electron chi connectivity index (χ0n) is 19.2. The van der Waals surface area contributed by atoms with E-state index >= 15 is 0 Å². The summed E-state index contributed by atoms with van der Waals surface area (Å²) in [7, 11) is 0. The van der Waals surface area contributed by atoms with Gasteiger partial charge in [-0.15, -0.1) is 0 Å². The predicted octanol–water partition coefficient (Wildman–Crippen LogP) is 4.15. The lowest BCUT2D eigenvalue weighted by molar-refractivity contribution is 0.214. The molecule has 0 aliphatic carbocycles. The van der Waals surface area contributed by atoms with Crippen LogP contribution < -0.4 is 21.3 Å². The van der Waals surface area contributed by atoms with Crippen LogP contribution in [0.1, 0.15) is 12.6 Å².